The molecule has 1 heterocycles. The molecule has 1 saturated heterocycles. The molecule has 27 heavy (non-hydrogen) atoms. The summed E-state index contributed by atoms with van der Waals surface area (Å²) in [6, 6.07) is 19.8. The van der Waals surface area contributed by atoms with Gasteiger partial charge in [0.25, 0.3) is 0 Å². The molecule has 1 unspecified atom stereocenters. The number of rotatable bonds is 7. The highest BCUT2D eigenvalue weighted by Gasteiger charge is 2.29. The summed E-state index contributed by atoms with van der Waals surface area (Å²) in [4.78, 5) is 14.1. The van der Waals surface area contributed by atoms with E-state index in [9.17, 15) is 9.90 Å². The van der Waals surface area contributed by atoms with Crippen molar-refractivity contribution in [2.75, 3.05) is 19.6 Å². The lowest BCUT2D eigenvalue weighted by molar-refractivity contribution is 0.0378. The second kappa shape index (κ2) is 10.1. The first kappa shape index (κ1) is 19.4. The van der Waals surface area contributed by atoms with Crippen molar-refractivity contribution >= 4 is 6.09 Å². The maximum Gasteiger partial charge on any atom is 0.410 e. The Bertz CT molecular complexity index is 693. The minimum atomic E-state index is -0.474. The number of piperidine rings is 1. The van der Waals surface area contributed by atoms with E-state index in [1.54, 1.807) is 4.90 Å². The second-order valence-electron chi connectivity index (χ2n) is 7.07. The van der Waals surface area contributed by atoms with E-state index >= 15 is 0 Å². The van der Waals surface area contributed by atoms with Crippen molar-refractivity contribution in [2.45, 2.75) is 32.1 Å². The van der Waals surface area contributed by atoms with Crippen LogP contribution < -0.4 is 5.32 Å². The first-order valence-corrected chi connectivity index (χ1v) is 9.60. The van der Waals surface area contributed by atoms with Gasteiger partial charge in [-0.25, -0.2) is 4.79 Å². The van der Waals surface area contributed by atoms with Crippen LogP contribution in [0.1, 0.15) is 24.0 Å². The number of benzene rings is 2. The van der Waals surface area contributed by atoms with Crippen LogP contribution in [0.5, 0.6) is 0 Å². The van der Waals surface area contributed by atoms with E-state index in [1.807, 2.05) is 48.5 Å². The fraction of sp³-hybridized carbons (Fsp3) is 0.409. The van der Waals surface area contributed by atoms with E-state index in [2.05, 4.69) is 17.4 Å². The number of carbonyl (C=O) groups is 1. The summed E-state index contributed by atoms with van der Waals surface area (Å²) in [5, 5.41) is 13.8. The Morgan fingerprint density at radius 2 is 1.78 bits per heavy atom. The topological polar surface area (TPSA) is 61.8 Å². The van der Waals surface area contributed by atoms with E-state index in [1.165, 1.54) is 5.56 Å². The van der Waals surface area contributed by atoms with Crippen LogP contribution in [0.4, 0.5) is 4.79 Å². The molecular weight excluding hydrogens is 340 g/mol. The van der Waals surface area contributed by atoms with E-state index in [4.69, 9.17) is 4.74 Å². The number of hydrogen-bond donors (Lipinski definition) is 2. The third kappa shape index (κ3) is 6.08. The third-order valence-corrected chi connectivity index (χ3v) is 4.99. The summed E-state index contributed by atoms with van der Waals surface area (Å²) < 4.78 is 5.42. The van der Waals surface area contributed by atoms with Crippen LogP contribution in [0.25, 0.3) is 0 Å². The molecule has 2 aromatic rings. The van der Waals surface area contributed by atoms with Crippen molar-refractivity contribution in [1.29, 1.82) is 0 Å². The van der Waals surface area contributed by atoms with Crippen LogP contribution in [0.3, 0.4) is 0 Å². The number of hydrogen-bond acceptors (Lipinski definition) is 4. The molecule has 1 aliphatic rings. The number of amides is 1. The van der Waals surface area contributed by atoms with Crippen molar-refractivity contribution in [3.8, 4) is 0 Å². The average molecular weight is 368 g/mol. The fourth-order valence-corrected chi connectivity index (χ4v) is 3.43. The van der Waals surface area contributed by atoms with E-state index < -0.39 is 6.10 Å². The standard InChI is InChI=1S/C22H28N2O3/c25-21(15-23-14-18-8-3-1-4-9-18)20-12-7-13-24(16-20)22(26)27-17-19-10-5-2-6-11-19/h1-6,8-11,20-21,23,25H,7,12-17H2/t20?,21-/m1/s1. The third-order valence-electron chi connectivity index (χ3n) is 4.99. The number of aliphatic hydroxyl groups excluding tert-OH is 1. The molecule has 5 heteroatoms. The Labute approximate surface area is 161 Å². The van der Waals surface area contributed by atoms with Gasteiger partial charge in [-0.2, -0.15) is 0 Å². The highest BCUT2D eigenvalue weighted by Crippen LogP contribution is 2.20. The first-order chi connectivity index (χ1) is 13.2. The molecule has 144 valence electrons. The molecule has 3 rings (SSSR count). The Morgan fingerprint density at radius 1 is 1.11 bits per heavy atom. The van der Waals surface area contributed by atoms with Gasteiger partial charge in [-0.15, -0.1) is 0 Å². The van der Waals surface area contributed by atoms with Crippen LogP contribution in [0.15, 0.2) is 60.7 Å². The van der Waals surface area contributed by atoms with E-state index in [-0.39, 0.29) is 18.6 Å². The van der Waals surface area contributed by atoms with Crippen molar-refractivity contribution in [3.05, 3.63) is 71.8 Å². The Morgan fingerprint density at radius 3 is 2.48 bits per heavy atom. The van der Waals surface area contributed by atoms with Crippen LogP contribution >= 0.6 is 0 Å². The molecule has 2 atom stereocenters. The van der Waals surface area contributed by atoms with Crippen molar-refractivity contribution in [3.63, 3.8) is 0 Å². The highest BCUT2D eigenvalue weighted by molar-refractivity contribution is 5.67. The molecule has 5 nitrogen and oxygen atoms in total. The smallest absolute Gasteiger partial charge is 0.410 e. The average Bonchev–Trinajstić information content (AvgIpc) is 2.73. The number of nitrogens with one attached hydrogen (secondary N) is 1. The van der Waals surface area contributed by atoms with Gasteiger partial charge in [0.15, 0.2) is 0 Å². The van der Waals surface area contributed by atoms with Gasteiger partial charge in [0, 0.05) is 32.1 Å². The minimum absolute atomic E-state index is 0.0753. The van der Waals surface area contributed by atoms with Gasteiger partial charge in [-0.1, -0.05) is 60.7 Å². The molecule has 0 saturated carbocycles. The molecule has 2 N–H and O–H groups in total. The van der Waals surface area contributed by atoms with Gasteiger partial charge in [-0.3, -0.25) is 0 Å². The monoisotopic (exact) mass is 368 g/mol. The quantitative estimate of drug-likeness (QED) is 0.788. The van der Waals surface area contributed by atoms with Crippen LogP contribution in [0, 0.1) is 5.92 Å². The van der Waals surface area contributed by atoms with Gasteiger partial charge in [-0.05, 0) is 24.0 Å². The number of carbonyl (C=O) groups excluding carboxylic acids is 1. The highest BCUT2D eigenvalue weighted by atomic mass is 16.6. The normalized spacial score (nSPS) is 18.1. The Kier molecular flexibility index (Phi) is 7.25. The van der Waals surface area contributed by atoms with Crippen molar-refractivity contribution in [2.24, 2.45) is 5.92 Å². The van der Waals surface area contributed by atoms with E-state index in [0.29, 0.717) is 19.6 Å². The summed E-state index contributed by atoms with van der Waals surface area (Å²) in [6.45, 7) is 2.76. The summed E-state index contributed by atoms with van der Waals surface area (Å²) in [7, 11) is 0. The van der Waals surface area contributed by atoms with Crippen LogP contribution in [0.2, 0.25) is 0 Å². The predicted octanol–water partition coefficient (Wildman–Crippen LogP) is 3.19. The lowest BCUT2D eigenvalue weighted by atomic mass is 9.92. The zero-order valence-electron chi connectivity index (χ0n) is 15.6. The predicted molar refractivity (Wildman–Crippen MR) is 105 cm³/mol. The lowest BCUT2D eigenvalue weighted by Gasteiger charge is -2.34. The summed E-state index contributed by atoms with van der Waals surface area (Å²) in [5.74, 6) is 0.0753. The van der Waals surface area contributed by atoms with E-state index in [0.717, 1.165) is 24.9 Å². The Balaban J connectivity index is 1.41. The Hall–Kier alpha value is -2.37. The van der Waals surface area contributed by atoms with Crippen LogP contribution in [-0.2, 0) is 17.9 Å². The first-order valence-electron chi connectivity index (χ1n) is 9.60. The molecule has 0 spiro atoms. The SMILES string of the molecule is O=C(OCc1ccccc1)N1CCCC([C@H](O)CNCc2ccccc2)C1. The molecule has 1 fully saturated rings. The van der Waals surface area contributed by atoms with Gasteiger partial charge in [0.05, 0.1) is 6.10 Å². The fourth-order valence-electron chi connectivity index (χ4n) is 3.43. The van der Waals surface area contributed by atoms with Crippen molar-refractivity contribution < 1.29 is 14.6 Å². The minimum Gasteiger partial charge on any atom is -0.445 e. The zero-order valence-corrected chi connectivity index (χ0v) is 15.6. The van der Waals surface area contributed by atoms with Gasteiger partial charge < -0.3 is 20.1 Å². The van der Waals surface area contributed by atoms with Gasteiger partial charge >= 0.3 is 6.09 Å². The molecule has 1 aliphatic heterocycles. The van der Waals surface area contributed by atoms with Crippen molar-refractivity contribution in [1.82, 2.24) is 10.2 Å². The summed E-state index contributed by atoms with van der Waals surface area (Å²) >= 11 is 0. The molecule has 0 bridgehead atoms. The number of ether oxygens (including phenoxy) is 1. The van der Waals surface area contributed by atoms with Gasteiger partial charge in [0.2, 0.25) is 0 Å². The summed E-state index contributed by atoms with van der Waals surface area (Å²) in [6.07, 6.45) is 1.05. The molecular formula is C22H28N2O3. The van der Waals surface area contributed by atoms with Gasteiger partial charge in [0.1, 0.15) is 6.61 Å². The molecule has 2 aromatic carbocycles. The number of aliphatic hydroxyl groups is 1. The number of nitrogens with zero attached hydrogens (tertiary/aromatic N) is 1. The lowest BCUT2D eigenvalue weighted by Crippen LogP contribution is -2.46. The second-order valence-corrected chi connectivity index (χ2v) is 7.07. The number of likely N-dealkylation sites (tertiary alicyclic amines) is 1. The molecule has 0 aliphatic carbocycles. The largest absolute Gasteiger partial charge is 0.445 e. The molecule has 1 amide bonds. The molecule has 0 radical (unpaired) electrons. The molecule has 0 aromatic heterocycles. The maximum atomic E-state index is 12.3. The maximum absolute atomic E-state index is 12.3. The zero-order chi connectivity index (χ0) is 18.9. The van der Waals surface area contributed by atoms with Crippen LogP contribution in [-0.4, -0.2) is 41.8 Å². The summed E-state index contributed by atoms with van der Waals surface area (Å²) in [5.41, 5.74) is 2.17.